The van der Waals surface area contributed by atoms with E-state index in [1.54, 1.807) is 30.7 Å². The molecule has 0 saturated carbocycles. The average Bonchev–Trinajstić information content (AvgIpc) is 3.36. The Hall–Kier alpha value is -5.48. The van der Waals surface area contributed by atoms with Crippen LogP contribution < -0.4 is 10.6 Å². The highest BCUT2D eigenvalue weighted by molar-refractivity contribution is 6.10. The number of halogens is 6. The number of rotatable bonds is 4. The maximum atomic E-state index is 13.1. The van der Waals surface area contributed by atoms with E-state index < -0.39 is 24.3 Å². The molecule has 0 bridgehead atoms. The summed E-state index contributed by atoms with van der Waals surface area (Å²) in [5.41, 5.74) is 4.16. The van der Waals surface area contributed by atoms with Gasteiger partial charge in [0.1, 0.15) is 0 Å². The first-order chi connectivity index (χ1) is 19.5. The first kappa shape index (κ1) is 32.7. The number of carbonyl (C=O) groups excluding carboxylic acids is 2. The molecule has 0 spiro atoms. The Morgan fingerprint density at radius 3 is 1.83 bits per heavy atom. The minimum Gasteiger partial charge on any atom is -0.475 e. The van der Waals surface area contributed by atoms with Crippen molar-refractivity contribution < 1.29 is 55.7 Å². The third kappa shape index (κ3) is 9.92. The number of carboxylic acid groups (broad SMARTS) is 2. The summed E-state index contributed by atoms with van der Waals surface area (Å²) in [6.07, 6.45) is -5.12. The summed E-state index contributed by atoms with van der Waals surface area (Å²) in [5.74, 6) is -5.99. The Labute approximate surface area is 231 Å². The number of aromatic nitrogens is 3. The summed E-state index contributed by atoms with van der Waals surface area (Å²) in [6, 6.07) is 14.4. The van der Waals surface area contributed by atoms with Crippen LogP contribution in [0.2, 0.25) is 0 Å². The Balaban J connectivity index is 0.000000367. The Morgan fingerprint density at radius 2 is 1.31 bits per heavy atom. The van der Waals surface area contributed by atoms with Crippen molar-refractivity contribution in [1.29, 1.82) is 0 Å². The van der Waals surface area contributed by atoms with Gasteiger partial charge in [0, 0.05) is 41.6 Å². The van der Waals surface area contributed by atoms with Gasteiger partial charge in [-0.15, -0.1) is 0 Å². The van der Waals surface area contributed by atoms with Crippen molar-refractivity contribution in [1.82, 2.24) is 15.2 Å². The summed E-state index contributed by atoms with van der Waals surface area (Å²) in [5, 5.41) is 27.7. The van der Waals surface area contributed by atoms with Gasteiger partial charge in [-0.25, -0.2) is 9.59 Å². The van der Waals surface area contributed by atoms with Gasteiger partial charge in [-0.3, -0.25) is 19.7 Å². The zero-order valence-corrected chi connectivity index (χ0v) is 21.0. The van der Waals surface area contributed by atoms with Crippen molar-refractivity contribution in [3.05, 3.63) is 72.7 Å². The fourth-order valence-electron chi connectivity index (χ4n) is 3.02. The normalized spacial score (nSPS) is 10.8. The minimum atomic E-state index is -5.08. The number of fused-ring (bicyclic) bond motifs is 1. The number of benzene rings is 2. The van der Waals surface area contributed by atoms with Gasteiger partial charge in [0.25, 0.3) is 5.91 Å². The summed E-state index contributed by atoms with van der Waals surface area (Å²) in [4.78, 5) is 46.3. The van der Waals surface area contributed by atoms with E-state index in [2.05, 4.69) is 25.8 Å². The van der Waals surface area contributed by atoms with E-state index in [9.17, 15) is 35.9 Å². The third-order valence-corrected chi connectivity index (χ3v) is 4.76. The second-order valence-corrected chi connectivity index (χ2v) is 7.91. The van der Waals surface area contributed by atoms with Crippen LogP contribution in [0.25, 0.3) is 22.0 Å². The molecule has 5 N–H and O–H groups in total. The highest BCUT2D eigenvalue weighted by atomic mass is 19.4. The van der Waals surface area contributed by atoms with Gasteiger partial charge in [-0.2, -0.15) is 31.4 Å². The fourth-order valence-corrected chi connectivity index (χ4v) is 3.02. The Kier molecular flexibility index (Phi) is 10.7. The molecule has 2 amide bonds. The zero-order chi connectivity index (χ0) is 31.7. The van der Waals surface area contributed by atoms with Crippen molar-refractivity contribution in [3.8, 4) is 11.1 Å². The second-order valence-electron chi connectivity index (χ2n) is 7.91. The minimum absolute atomic E-state index is 0.201. The molecule has 0 radical (unpaired) electrons. The van der Waals surface area contributed by atoms with Gasteiger partial charge in [-0.1, -0.05) is 6.07 Å². The number of hydrogen-bond donors (Lipinski definition) is 5. The number of anilines is 2. The number of carbonyl (C=O) groups is 4. The first-order valence-electron chi connectivity index (χ1n) is 11.2. The first-order valence-corrected chi connectivity index (χ1v) is 11.2. The number of nitrogens with one attached hydrogen (secondary N) is 3. The molecule has 2 aromatic heterocycles. The number of carboxylic acids is 2. The van der Waals surface area contributed by atoms with E-state index in [-0.39, 0.29) is 11.8 Å². The predicted octanol–water partition coefficient (Wildman–Crippen LogP) is 5.10. The fraction of sp³-hybridized carbons (Fsp3) is 0.120. The average molecular weight is 599 g/mol. The van der Waals surface area contributed by atoms with Crippen LogP contribution in [0.5, 0.6) is 0 Å². The maximum Gasteiger partial charge on any atom is 0.490 e. The molecule has 0 aliphatic rings. The molecule has 2 aromatic carbocycles. The summed E-state index contributed by atoms with van der Waals surface area (Å²) < 4.78 is 63.5. The van der Waals surface area contributed by atoms with Crippen LogP contribution in [0.1, 0.15) is 17.3 Å². The third-order valence-electron chi connectivity index (χ3n) is 4.76. The molecular weight excluding hydrogens is 580 g/mol. The lowest BCUT2D eigenvalue weighted by Crippen LogP contribution is -2.21. The number of aliphatic carboxylic acids is 2. The molecule has 0 unspecified atom stereocenters. The van der Waals surface area contributed by atoms with Gasteiger partial charge in [0.05, 0.1) is 11.7 Å². The standard InChI is InChI=1S/C21H17N5O2.2C2HF3O2/c1-13(27)24-17-2-4-18(14-6-8-22-9-7-14)19(11-17)21(28)25-16-3-5-20-15(10-16)12-23-26-20;2*3-2(4,5)1(6)7/h2-12H,1H3,(H,23,26)(H,24,27)(H,25,28);2*(H,6,7). The van der Waals surface area contributed by atoms with Gasteiger partial charge >= 0.3 is 24.3 Å². The monoisotopic (exact) mass is 599 g/mol. The molecule has 4 rings (SSSR count). The lowest BCUT2D eigenvalue weighted by molar-refractivity contribution is -0.193. The van der Waals surface area contributed by atoms with Crippen molar-refractivity contribution >= 4 is 46.0 Å². The molecule has 0 aliphatic heterocycles. The Bertz CT molecular complexity index is 1550. The molecular formula is C25H19F6N5O6. The number of aromatic amines is 1. The smallest absolute Gasteiger partial charge is 0.475 e. The van der Waals surface area contributed by atoms with E-state index >= 15 is 0 Å². The number of nitrogens with zero attached hydrogens (tertiary/aromatic N) is 2. The van der Waals surface area contributed by atoms with E-state index in [4.69, 9.17) is 19.8 Å². The summed E-state index contributed by atoms with van der Waals surface area (Å²) in [7, 11) is 0. The number of amides is 2. The molecule has 42 heavy (non-hydrogen) atoms. The molecule has 0 saturated heterocycles. The largest absolute Gasteiger partial charge is 0.490 e. The molecule has 0 aliphatic carbocycles. The maximum absolute atomic E-state index is 13.1. The van der Waals surface area contributed by atoms with Gasteiger partial charge in [0.15, 0.2) is 0 Å². The zero-order valence-electron chi connectivity index (χ0n) is 21.0. The van der Waals surface area contributed by atoms with Crippen molar-refractivity contribution in [3.63, 3.8) is 0 Å². The predicted molar refractivity (Wildman–Crippen MR) is 135 cm³/mol. The van der Waals surface area contributed by atoms with E-state index in [1.165, 1.54) is 6.92 Å². The lowest BCUT2D eigenvalue weighted by Gasteiger charge is -2.13. The molecule has 0 fully saturated rings. The van der Waals surface area contributed by atoms with Crippen LogP contribution in [0.15, 0.2) is 67.1 Å². The van der Waals surface area contributed by atoms with Crippen molar-refractivity contribution in [2.45, 2.75) is 19.3 Å². The van der Waals surface area contributed by atoms with Gasteiger partial charge < -0.3 is 20.8 Å². The van der Waals surface area contributed by atoms with Crippen LogP contribution in [-0.2, 0) is 14.4 Å². The van der Waals surface area contributed by atoms with Crippen LogP contribution in [0.3, 0.4) is 0 Å². The van der Waals surface area contributed by atoms with Gasteiger partial charge in [0.2, 0.25) is 5.91 Å². The summed E-state index contributed by atoms with van der Waals surface area (Å²) in [6.45, 7) is 1.43. The topological polar surface area (TPSA) is 174 Å². The summed E-state index contributed by atoms with van der Waals surface area (Å²) >= 11 is 0. The lowest BCUT2D eigenvalue weighted by atomic mass is 9.99. The molecule has 2 heterocycles. The Morgan fingerprint density at radius 1 is 0.786 bits per heavy atom. The number of H-pyrrole nitrogens is 1. The van der Waals surface area contributed by atoms with Crippen molar-refractivity contribution in [2.75, 3.05) is 10.6 Å². The van der Waals surface area contributed by atoms with Crippen molar-refractivity contribution in [2.24, 2.45) is 0 Å². The highest BCUT2D eigenvalue weighted by Crippen LogP contribution is 2.28. The molecule has 4 aromatic rings. The number of hydrogen-bond acceptors (Lipinski definition) is 6. The molecule has 11 nitrogen and oxygen atoms in total. The molecule has 222 valence electrons. The van der Waals surface area contributed by atoms with E-state index in [0.29, 0.717) is 16.9 Å². The second kappa shape index (κ2) is 13.7. The number of alkyl halides is 6. The van der Waals surface area contributed by atoms with Crippen LogP contribution in [-0.4, -0.2) is 61.5 Å². The molecule has 0 atom stereocenters. The van der Waals surface area contributed by atoms with E-state index in [0.717, 1.165) is 22.0 Å². The highest BCUT2D eigenvalue weighted by Gasteiger charge is 2.38. The quantitative estimate of drug-likeness (QED) is 0.201. The van der Waals surface area contributed by atoms with Gasteiger partial charge in [-0.05, 0) is 53.6 Å². The number of pyridine rings is 1. The van der Waals surface area contributed by atoms with Crippen LogP contribution >= 0.6 is 0 Å². The van der Waals surface area contributed by atoms with Crippen LogP contribution in [0, 0.1) is 0 Å². The van der Waals surface area contributed by atoms with Crippen LogP contribution in [0.4, 0.5) is 37.7 Å². The van der Waals surface area contributed by atoms with E-state index in [1.807, 2.05) is 36.4 Å². The molecule has 17 heteroatoms. The SMILES string of the molecule is CC(=O)Nc1ccc(-c2ccncc2)c(C(=O)Nc2ccc3[nH]ncc3c2)c1.O=C(O)C(F)(F)F.O=C(O)C(F)(F)F.